The third-order valence-electron chi connectivity index (χ3n) is 6.11. The summed E-state index contributed by atoms with van der Waals surface area (Å²) in [4.78, 5) is 30.2. The number of benzene rings is 3. The van der Waals surface area contributed by atoms with Crippen LogP contribution in [0.1, 0.15) is 12.8 Å². The average molecular weight is 568 g/mol. The number of ether oxygens (including phenoxy) is 5. The SMILES string of the molecule is COc1ccccc1OCCNCC(COc1cccc2[nH]c3ccccc3c12)OC(=O)OCCCCO[N+](=O)[O-]. The smallest absolute Gasteiger partial charge is 0.493 e. The van der Waals surface area contributed by atoms with E-state index < -0.39 is 17.3 Å². The number of methoxy groups -OCH3 is 1. The summed E-state index contributed by atoms with van der Waals surface area (Å²) in [6.07, 6.45) is -0.771. The molecule has 12 nitrogen and oxygen atoms in total. The Hall–Kier alpha value is -4.71. The summed E-state index contributed by atoms with van der Waals surface area (Å²) in [5.41, 5.74) is 1.93. The second-order valence-electron chi connectivity index (χ2n) is 8.97. The van der Waals surface area contributed by atoms with Gasteiger partial charge in [0.25, 0.3) is 5.09 Å². The number of fused-ring (bicyclic) bond motifs is 3. The van der Waals surface area contributed by atoms with Crippen molar-refractivity contribution in [1.82, 2.24) is 10.3 Å². The number of unbranched alkanes of at least 4 members (excludes halogenated alkanes) is 1. The number of carbonyl (C=O) groups excluding carboxylic acids is 1. The van der Waals surface area contributed by atoms with Crippen LogP contribution in [0.3, 0.4) is 0 Å². The summed E-state index contributed by atoms with van der Waals surface area (Å²) < 4.78 is 27.9. The quantitative estimate of drug-likeness (QED) is 0.0783. The predicted molar refractivity (Wildman–Crippen MR) is 151 cm³/mol. The number of rotatable bonds is 17. The standard InChI is InChI=1S/C29H33N3O9/c1-36-25-12-4-5-13-26(25)37-18-15-30-19-21(41-29(33)38-16-6-7-17-40-32(34)35)20-39-27-14-8-11-24-28(27)22-9-2-3-10-23(22)31-24/h2-5,8-14,21,30-31H,6-7,15-20H2,1H3. The number of para-hydroxylation sites is 3. The van der Waals surface area contributed by atoms with Crippen molar-refractivity contribution in [3.63, 3.8) is 0 Å². The molecule has 1 unspecified atom stereocenters. The maximum atomic E-state index is 12.4. The molecular weight excluding hydrogens is 534 g/mol. The van der Waals surface area contributed by atoms with Gasteiger partial charge < -0.3 is 38.8 Å². The highest BCUT2D eigenvalue weighted by molar-refractivity contribution is 6.10. The van der Waals surface area contributed by atoms with Gasteiger partial charge in [0.2, 0.25) is 0 Å². The summed E-state index contributed by atoms with van der Waals surface area (Å²) in [5, 5.41) is 14.6. The Morgan fingerprint density at radius 3 is 2.46 bits per heavy atom. The third kappa shape index (κ3) is 8.64. The van der Waals surface area contributed by atoms with Gasteiger partial charge in [0.1, 0.15) is 19.0 Å². The van der Waals surface area contributed by atoms with Gasteiger partial charge in [-0.25, -0.2) is 4.79 Å². The molecule has 1 atom stereocenters. The first kappa shape index (κ1) is 29.3. The van der Waals surface area contributed by atoms with Gasteiger partial charge in [-0.3, -0.25) is 0 Å². The third-order valence-corrected chi connectivity index (χ3v) is 6.11. The van der Waals surface area contributed by atoms with Crippen molar-refractivity contribution < 1.29 is 38.4 Å². The highest BCUT2D eigenvalue weighted by Crippen LogP contribution is 2.33. The molecule has 12 heteroatoms. The molecule has 4 aromatic rings. The summed E-state index contributed by atoms with van der Waals surface area (Å²) in [5.74, 6) is 1.93. The topological polar surface area (TPSA) is 143 Å². The molecule has 0 saturated heterocycles. The first-order valence-electron chi connectivity index (χ1n) is 13.2. The van der Waals surface area contributed by atoms with E-state index in [1.807, 2.05) is 66.7 Å². The maximum absolute atomic E-state index is 12.4. The highest BCUT2D eigenvalue weighted by Gasteiger charge is 2.18. The van der Waals surface area contributed by atoms with Crippen molar-refractivity contribution >= 4 is 28.0 Å². The number of nitrogens with zero attached hydrogens (tertiary/aromatic N) is 1. The lowest BCUT2D eigenvalue weighted by atomic mass is 10.1. The van der Waals surface area contributed by atoms with E-state index in [-0.39, 0.29) is 26.4 Å². The molecule has 0 spiro atoms. The predicted octanol–water partition coefficient (Wildman–Crippen LogP) is 4.89. The van der Waals surface area contributed by atoms with Crippen molar-refractivity contribution in [3.05, 3.63) is 76.8 Å². The van der Waals surface area contributed by atoms with Gasteiger partial charge in [-0.15, -0.1) is 10.1 Å². The number of aromatic nitrogens is 1. The Bertz CT molecular complexity index is 1430. The van der Waals surface area contributed by atoms with Gasteiger partial charge in [-0.2, -0.15) is 0 Å². The Labute approximate surface area is 236 Å². The van der Waals surface area contributed by atoms with Crippen LogP contribution in [0.2, 0.25) is 0 Å². The molecule has 0 amide bonds. The van der Waals surface area contributed by atoms with Gasteiger partial charge in [0, 0.05) is 29.4 Å². The van der Waals surface area contributed by atoms with Gasteiger partial charge in [0.15, 0.2) is 17.6 Å². The highest BCUT2D eigenvalue weighted by atomic mass is 16.9. The minimum Gasteiger partial charge on any atom is -0.493 e. The van der Waals surface area contributed by atoms with Crippen LogP contribution in [0.5, 0.6) is 17.2 Å². The van der Waals surface area contributed by atoms with Crippen LogP contribution >= 0.6 is 0 Å². The van der Waals surface area contributed by atoms with E-state index >= 15 is 0 Å². The van der Waals surface area contributed by atoms with Crippen LogP contribution in [0.4, 0.5) is 4.79 Å². The Kier molecular flexibility index (Phi) is 10.8. The fourth-order valence-electron chi connectivity index (χ4n) is 4.21. The summed E-state index contributed by atoms with van der Waals surface area (Å²) in [7, 11) is 1.58. The van der Waals surface area contributed by atoms with E-state index in [9.17, 15) is 14.9 Å². The van der Waals surface area contributed by atoms with Gasteiger partial charge >= 0.3 is 6.16 Å². The number of hydrogen-bond acceptors (Lipinski definition) is 10. The average Bonchev–Trinajstić information content (AvgIpc) is 3.36. The molecule has 41 heavy (non-hydrogen) atoms. The molecule has 0 aliphatic rings. The monoisotopic (exact) mass is 567 g/mol. The largest absolute Gasteiger partial charge is 0.508 e. The second kappa shape index (κ2) is 15.2. The lowest BCUT2D eigenvalue weighted by Crippen LogP contribution is -2.37. The van der Waals surface area contributed by atoms with E-state index in [0.717, 1.165) is 21.8 Å². The van der Waals surface area contributed by atoms with Crippen LogP contribution in [0.15, 0.2) is 66.7 Å². The minimum atomic E-state index is -0.856. The molecule has 1 heterocycles. The molecule has 0 fully saturated rings. The molecule has 1 aromatic heterocycles. The van der Waals surface area contributed by atoms with E-state index in [0.29, 0.717) is 43.2 Å². The molecule has 0 aliphatic carbocycles. The fraction of sp³-hybridized carbons (Fsp3) is 0.345. The molecule has 3 aromatic carbocycles. The number of H-pyrrole nitrogens is 1. The van der Waals surface area contributed by atoms with Gasteiger partial charge in [0.05, 0.1) is 25.8 Å². The minimum absolute atomic E-state index is 0.0440. The number of hydrogen-bond donors (Lipinski definition) is 2. The van der Waals surface area contributed by atoms with Gasteiger partial charge in [-0.05, 0) is 43.2 Å². The number of nitrogens with one attached hydrogen (secondary N) is 2. The zero-order valence-corrected chi connectivity index (χ0v) is 22.7. The van der Waals surface area contributed by atoms with E-state index in [1.165, 1.54) is 0 Å². The van der Waals surface area contributed by atoms with Crippen LogP contribution in [-0.4, -0.2) is 69.0 Å². The number of aromatic amines is 1. The molecule has 2 N–H and O–H groups in total. The van der Waals surface area contributed by atoms with E-state index in [4.69, 9.17) is 23.7 Å². The molecule has 0 bridgehead atoms. The molecule has 4 rings (SSSR count). The van der Waals surface area contributed by atoms with Crippen LogP contribution in [0.25, 0.3) is 21.8 Å². The van der Waals surface area contributed by atoms with Crippen molar-refractivity contribution in [3.8, 4) is 17.2 Å². The summed E-state index contributed by atoms with van der Waals surface area (Å²) in [6, 6.07) is 21.1. The zero-order valence-electron chi connectivity index (χ0n) is 22.7. The maximum Gasteiger partial charge on any atom is 0.508 e. The molecule has 0 saturated carbocycles. The molecule has 0 aliphatic heterocycles. The molecular formula is C29H33N3O9. The zero-order chi connectivity index (χ0) is 28.9. The van der Waals surface area contributed by atoms with E-state index in [1.54, 1.807) is 7.11 Å². The van der Waals surface area contributed by atoms with Crippen LogP contribution in [-0.2, 0) is 14.3 Å². The summed E-state index contributed by atoms with van der Waals surface area (Å²) in [6.45, 7) is 1.17. The lowest BCUT2D eigenvalue weighted by molar-refractivity contribution is -0.757. The first-order valence-corrected chi connectivity index (χ1v) is 13.2. The molecule has 0 radical (unpaired) electrons. The fourth-order valence-corrected chi connectivity index (χ4v) is 4.21. The van der Waals surface area contributed by atoms with Crippen LogP contribution < -0.4 is 19.5 Å². The van der Waals surface area contributed by atoms with Gasteiger partial charge in [-0.1, -0.05) is 36.4 Å². The van der Waals surface area contributed by atoms with Crippen molar-refractivity contribution in [2.45, 2.75) is 18.9 Å². The number of carbonyl (C=O) groups is 1. The normalized spacial score (nSPS) is 11.6. The Morgan fingerprint density at radius 2 is 1.63 bits per heavy atom. The van der Waals surface area contributed by atoms with Crippen molar-refractivity contribution in [2.24, 2.45) is 0 Å². The summed E-state index contributed by atoms with van der Waals surface area (Å²) >= 11 is 0. The van der Waals surface area contributed by atoms with Crippen molar-refractivity contribution in [2.75, 3.05) is 46.6 Å². The lowest BCUT2D eigenvalue weighted by Gasteiger charge is -2.19. The first-order chi connectivity index (χ1) is 20.0. The Balaban J connectivity index is 1.32. The van der Waals surface area contributed by atoms with Crippen molar-refractivity contribution in [1.29, 1.82) is 0 Å². The molecule has 218 valence electrons. The van der Waals surface area contributed by atoms with Crippen LogP contribution in [0, 0.1) is 10.1 Å². The second-order valence-corrected chi connectivity index (χ2v) is 8.97. The van der Waals surface area contributed by atoms with E-state index in [2.05, 4.69) is 15.1 Å². The Morgan fingerprint density at radius 1 is 0.902 bits per heavy atom.